The molecule has 5 nitrogen and oxygen atoms in total. The Morgan fingerprint density at radius 2 is 1.96 bits per heavy atom. The number of methoxy groups -OCH3 is 3. The predicted octanol–water partition coefficient (Wildman–Crippen LogP) is 2.69. The fourth-order valence-corrected chi connectivity index (χ4v) is 2.84. The van der Waals surface area contributed by atoms with Crippen molar-refractivity contribution in [1.29, 1.82) is 0 Å². The van der Waals surface area contributed by atoms with Gasteiger partial charge in [0.05, 0.1) is 31.4 Å². The average molecular weight is 317 g/mol. The van der Waals surface area contributed by atoms with Crippen LogP contribution in [0.3, 0.4) is 0 Å². The van der Waals surface area contributed by atoms with Crippen molar-refractivity contribution in [2.75, 3.05) is 21.3 Å². The van der Waals surface area contributed by atoms with Crippen LogP contribution in [0.25, 0.3) is 10.9 Å². The third kappa shape index (κ3) is 2.97. The lowest BCUT2D eigenvalue weighted by Crippen LogP contribution is -2.27. The summed E-state index contributed by atoms with van der Waals surface area (Å²) in [6, 6.07) is 5.62. The highest BCUT2D eigenvalue weighted by molar-refractivity contribution is 5.91. The molecule has 124 valence electrons. The highest BCUT2D eigenvalue weighted by atomic mass is 16.5. The summed E-state index contributed by atoms with van der Waals surface area (Å²) in [5.41, 5.74) is 2.03. The molecular weight excluding hydrogens is 294 g/mol. The number of benzene rings is 1. The lowest BCUT2D eigenvalue weighted by Gasteiger charge is -2.20. The number of hydrogen-bond acceptors (Lipinski definition) is 4. The number of para-hydroxylation sites is 1. The van der Waals surface area contributed by atoms with Crippen molar-refractivity contribution in [3.05, 3.63) is 46.3 Å². The van der Waals surface area contributed by atoms with Crippen LogP contribution in [0.2, 0.25) is 0 Å². The topological polar surface area (TPSA) is 49.7 Å². The van der Waals surface area contributed by atoms with E-state index in [1.807, 2.05) is 25.1 Å². The Bertz CT molecular complexity index is 792. The van der Waals surface area contributed by atoms with Gasteiger partial charge in [-0.25, -0.2) is 0 Å². The molecule has 0 aliphatic carbocycles. The molecule has 5 heteroatoms. The Morgan fingerprint density at radius 3 is 2.48 bits per heavy atom. The van der Waals surface area contributed by atoms with E-state index >= 15 is 0 Å². The lowest BCUT2D eigenvalue weighted by atomic mass is 10.0. The summed E-state index contributed by atoms with van der Waals surface area (Å²) in [6.45, 7) is 5.81. The largest absolute Gasteiger partial charge is 0.496 e. The standard InChI is InChI=1S/C18H23NO4/c1-11(2)15(22-5)10-13-17(23-6)12-8-7-9-14(21-4)16(12)19(3)18(13)20/h7-9,15H,1,10H2,2-6H3/t15-/m1/s1. The van der Waals surface area contributed by atoms with Gasteiger partial charge in [0, 0.05) is 26.0 Å². The molecule has 0 spiro atoms. The smallest absolute Gasteiger partial charge is 0.257 e. The van der Waals surface area contributed by atoms with Gasteiger partial charge in [-0.2, -0.15) is 0 Å². The molecule has 0 aliphatic heterocycles. The summed E-state index contributed by atoms with van der Waals surface area (Å²) in [5.74, 6) is 1.19. The first-order chi connectivity index (χ1) is 11.0. The first kappa shape index (κ1) is 17.1. The van der Waals surface area contributed by atoms with Crippen LogP contribution in [0.1, 0.15) is 12.5 Å². The summed E-state index contributed by atoms with van der Waals surface area (Å²) in [6.07, 6.45) is 0.175. The van der Waals surface area contributed by atoms with Gasteiger partial charge in [0.1, 0.15) is 11.5 Å². The average Bonchev–Trinajstić information content (AvgIpc) is 2.55. The molecule has 1 heterocycles. The fourth-order valence-electron chi connectivity index (χ4n) is 2.84. The molecule has 0 bridgehead atoms. The second-order valence-electron chi connectivity index (χ2n) is 5.51. The minimum Gasteiger partial charge on any atom is -0.496 e. The summed E-state index contributed by atoms with van der Waals surface area (Å²) in [5, 5.41) is 0.834. The van der Waals surface area contributed by atoms with E-state index in [1.165, 1.54) is 0 Å². The van der Waals surface area contributed by atoms with Gasteiger partial charge in [-0.1, -0.05) is 18.2 Å². The molecule has 23 heavy (non-hydrogen) atoms. The van der Waals surface area contributed by atoms with Gasteiger partial charge in [-0.15, -0.1) is 0 Å². The summed E-state index contributed by atoms with van der Waals surface area (Å²) in [4.78, 5) is 12.8. The lowest BCUT2D eigenvalue weighted by molar-refractivity contribution is 0.131. The fraction of sp³-hybridized carbons (Fsp3) is 0.389. The van der Waals surface area contributed by atoms with E-state index in [9.17, 15) is 4.79 Å². The SMILES string of the molecule is C=C(C)[C@@H](Cc1c(OC)c2cccc(OC)c2n(C)c1=O)OC. The van der Waals surface area contributed by atoms with Crippen molar-refractivity contribution in [1.82, 2.24) is 4.57 Å². The van der Waals surface area contributed by atoms with Crippen molar-refractivity contribution in [3.8, 4) is 11.5 Å². The number of rotatable bonds is 6. The number of fused-ring (bicyclic) bond motifs is 1. The molecule has 0 aliphatic rings. The maximum atomic E-state index is 12.8. The van der Waals surface area contributed by atoms with Crippen LogP contribution < -0.4 is 15.0 Å². The van der Waals surface area contributed by atoms with Crippen molar-refractivity contribution in [2.24, 2.45) is 7.05 Å². The number of nitrogens with zero attached hydrogens (tertiary/aromatic N) is 1. The molecule has 0 N–H and O–H groups in total. The maximum Gasteiger partial charge on any atom is 0.257 e. The van der Waals surface area contributed by atoms with Crippen LogP contribution in [0.4, 0.5) is 0 Å². The Balaban J connectivity index is 2.78. The number of aryl methyl sites for hydroxylation is 1. The summed E-state index contributed by atoms with van der Waals surface area (Å²) < 4.78 is 18.0. The molecule has 0 saturated heterocycles. The molecule has 0 fully saturated rings. The zero-order chi connectivity index (χ0) is 17.1. The minimum atomic E-state index is -0.236. The van der Waals surface area contributed by atoms with Crippen molar-refractivity contribution in [2.45, 2.75) is 19.4 Å². The van der Waals surface area contributed by atoms with Crippen LogP contribution in [-0.4, -0.2) is 32.0 Å². The second-order valence-corrected chi connectivity index (χ2v) is 5.51. The van der Waals surface area contributed by atoms with Crippen molar-refractivity contribution < 1.29 is 14.2 Å². The second kappa shape index (κ2) is 6.87. The molecule has 0 radical (unpaired) electrons. The Labute approximate surface area is 136 Å². The van der Waals surface area contributed by atoms with E-state index in [2.05, 4.69) is 6.58 Å². The molecule has 1 atom stereocenters. The highest BCUT2D eigenvalue weighted by Crippen LogP contribution is 2.33. The van der Waals surface area contributed by atoms with E-state index in [0.29, 0.717) is 29.0 Å². The van der Waals surface area contributed by atoms with Gasteiger partial charge in [0.2, 0.25) is 0 Å². The third-order valence-corrected chi connectivity index (χ3v) is 4.06. The van der Waals surface area contributed by atoms with E-state index < -0.39 is 0 Å². The molecule has 0 amide bonds. The molecule has 2 aromatic rings. The first-order valence-corrected chi connectivity index (χ1v) is 7.37. The van der Waals surface area contributed by atoms with Gasteiger partial charge in [-0.05, 0) is 19.1 Å². The highest BCUT2D eigenvalue weighted by Gasteiger charge is 2.21. The molecule has 0 unspecified atom stereocenters. The quantitative estimate of drug-likeness (QED) is 0.769. The summed E-state index contributed by atoms with van der Waals surface area (Å²) >= 11 is 0. The van der Waals surface area contributed by atoms with Gasteiger partial charge < -0.3 is 18.8 Å². The zero-order valence-electron chi connectivity index (χ0n) is 14.3. The van der Waals surface area contributed by atoms with Crippen LogP contribution >= 0.6 is 0 Å². The Hall–Kier alpha value is -2.27. The zero-order valence-corrected chi connectivity index (χ0v) is 14.3. The molecule has 1 aromatic heterocycles. The van der Waals surface area contributed by atoms with E-state index in [4.69, 9.17) is 14.2 Å². The predicted molar refractivity (Wildman–Crippen MR) is 91.6 cm³/mol. The van der Waals surface area contributed by atoms with Crippen molar-refractivity contribution in [3.63, 3.8) is 0 Å². The van der Waals surface area contributed by atoms with Gasteiger partial charge in [-0.3, -0.25) is 4.79 Å². The maximum absolute atomic E-state index is 12.8. The number of ether oxygens (including phenoxy) is 3. The molecule has 2 rings (SSSR count). The van der Waals surface area contributed by atoms with Crippen LogP contribution in [0, 0.1) is 0 Å². The van der Waals surface area contributed by atoms with Crippen molar-refractivity contribution >= 4 is 10.9 Å². The number of hydrogen-bond donors (Lipinski definition) is 0. The number of aromatic nitrogens is 1. The van der Waals surface area contributed by atoms with Gasteiger partial charge in [0.25, 0.3) is 5.56 Å². The van der Waals surface area contributed by atoms with Crippen LogP contribution in [0.15, 0.2) is 35.1 Å². The minimum absolute atomic E-state index is 0.123. The third-order valence-electron chi connectivity index (χ3n) is 4.06. The number of pyridine rings is 1. The summed E-state index contributed by atoms with van der Waals surface area (Å²) in [7, 11) is 6.50. The monoisotopic (exact) mass is 317 g/mol. The van der Waals surface area contributed by atoms with Crippen LogP contribution in [0.5, 0.6) is 11.5 Å². The van der Waals surface area contributed by atoms with E-state index in [1.54, 1.807) is 32.9 Å². The Kier molecular flexibility index (Phi) is 5.11. The molecule has 1 aromatic carbocycles. The van der Waals surface area contributed by atoms with Gasteiger partial charge in [0.15, 0.2) is 0 Å². The first-order valence-electron chi connectivity index (χ1n) is 7.37. The van der Waals surface area contributed by atoms with E-state index in [0.717, 1.165) is 11.0 Å². The van der Waals surface area contributed by atoms with Gasteiger partial charge >= 0.3 is 0 Å². The van der Waals surface area contributed by atoms with E-state index in [-0.39, 0.29) is 11.7 Å². The Morgan fingerprint density at radius 1 is 1.26 bits per heavy atom. The molecular formula is C18H23NO4. The normalized spacial score (nSPS) is 12.2. The molecule has 0 saturated carbocycles. The van der Waals surface area contributed by atoms with Crippen LogP contribution in [-0.2, 0) is 18.2 Å².